The Labute approximate surface area is 151 Å². The van der Waals surface area contributed by atoms with Crippen LogP contribution in [0.3, 0.4) is 0 Å². The lowest BCUT2D eigenvalue weighted by Crippen LogP contribution is -2.27. The summed E-state index contributed by atoms with van der Waals surface area (Å²) in [5.74, 6) is -0.0452. The van der Waals surface area contributed by atoms with Crippen LogP contribution < -0.4 is 0 Å². The molecule has 0 atom stereocenters. The minimum atomic E-state index is -0.0452. The maximum absolute atomic E-state index is 12.5. The number of benzene rings is 1. The predicted molar refractivity (Wildman–Crippen MR) is 105 cm³/mol. The second kappa shape index (κ2) is 6.79. The van der Waals surface area contributed by atoms with E-state index in [1.54, 1.807) is 11.0 Å². The van der Waals surface area contributed by atoms with Gasteiger partial charge in [0.2, 0.25) is 0 Å². The average Bonchev–Trinajstić information content (AvgIpc) is 3.01. The summed E-state index contributed by atoms with van der Waals surface area (Å²) in [4.78, 5) is 14.8. The van der Waals surface area contributed by atoms with Gasteiger partial charge in [-0.2, -0.15) is 0 Å². The molecule has 0 saturated carbocycles. The molecule has 1 fully saturated rings. The Balaban J connectivity index is 2.00. The summed E-state index contributed by atoms with van der Waals surface area (Å²) in [6.07, 6.45) is 5.74. The molecule has 3 nitrogen and oxygen atoms in total. The highest BCUT2D eigenvalue weighted by Gasteiger charge is 2.31. The third-order valence-electron chi connectivity index (χ3n) is 3.99. The molecule has 2 aromatic rings. The van der Waals surface area contributed by atoms with Gasteiger partial charge in [0.25, 0.3) is 5.91 Å². The Bertz CT molecular complexity index is 850. The van der Waals surface area contributed by atoms with E-state index in [-0.39, 0.29) is 5.91 Å². The van der Waals surface area contributed by atoms with Gasteiger partial charge in [-0.3, -0.25) is 9.69 Å². The van der Waals surface area contributed by atoms with Crippen molar-refractivity contribution in [3.63, 3.8) is 0 Å². The molecule has 2 heterocycles. The number of thiocarbonyl (C=S) groups is 1. The summed E-state index contributed by atoms with van der Waals surface area (Å²) in [7, 11) is 0. The van der Waals surface area contributed by atoms with Crippen LogP contribution in [0.4, 0.5) is 0 Å². The van der Waals surface area contributed by atoms with E-state index in [0.29, 0.717) is 15.8 Å². The van der Waals surface area contributed by atoms with Crippen molar-refractivity contribution in [1.82, 2.24) is 9.47 Å². The van der Waals surface area contributed by atoms with Crippen molar-refractivity contribution in [3.05, 3.63) is 70.9 Å². The van der Waals surface area contributed by atoms with Gasteiger partial charge in [0.15, 0.2) is 0 Å². The number of hydrogen-bond acceptors (Lipinski definition) is 3. The number of aromatic nitrogens is 1. The standard InChI is InChI=1S/C19H18N2OS2/c1-4-10-20-18(22)17(24-19(20)23)11-16-13(2)12-21(14(16)3)15-8-6-5-7-9-15/h4-9,11-12H,1,10H2,2-3H3/b17-11-. The van der Waals surface area contributed by atoms with Crippen molar-refractivity contribution in [1.29, 1.82) is 0 Å². The zero-order valence-electron chi connectivity index (χ0n) is 13.7. The first-order valence-corrected chi connectivity index (χ1v) is 8.85. The second-order valence-electron chi connectivity index (χ2n) is 5.60. The van der Waals surface area contributed by atoms with Crippen LogP contribution in [0.25, 0.3) is 11.8 Å². The highest BCUT2D eigenvalue weighted by atomic mass is 32.2. The zero-order chi connectivity index (χ0) is 17.3. The molecular weight excluding hydrogens is 336 g/mol. The molecule has 0 N–H and O–H groups in total. The number of amides is 1. The maximum Gasteiger partial charge on any atom is 0.266 e. The molecule has 1 aromatic carbocycles. The smallest absolute Gasteiger partial charge is 0.266 e. The van der Waals surface area contributed by atoms with E-state index in [2.05, 4.69) is 43.3 Å². The minimum absolute atomic E-state index is 0.0452. The molecule has 1 amide bonds. The number of rotatable bonds is 4. The van der Waals surface area contributed by atoms with Crippen LogP contribution in [-0.2, 0) is 4.79 Å². The molecule has 0 aliphatic carbocycles. The van der Waals surface area contributed by atoms with Crippen molar-refractivity contribution < 1.29 is 4.79 Å². The van der Waals surface area contributed by atoms with E-state index in [1.807, 2.05) is 24.3 Å². The van der Waals surface area contributed by atoms with Gasteiger partial charge < -0.3 is 4.57 Å². The average molecular weight is 355 g/mol. The van der Waals surface area contributed by atoms with Gasteiger partial charge in [0.1, 0.15) is 4.32 Å². The summed E-state index contributed by atoms with van der Waals surface area (Å²) in [6.45, 7) is 8.26. The quantitative estimate of drug-likeness (QED) is 0.460. The van der Waals surface area contributed by atoms with E-state index < -0.39 is 0 Å². The second-order valence-corrected chi connectivity index (χ2v) is 7.27. The Morgan fingerprint density at radius 3 is 2.62 bits per heavy atom. The highest BCUT2D eigenvalue weighted by molar-refractivity contribution is 8.26. The highest BCUT2D eigenvalue weighted by Crippen LogP contribution is 2.34. The molecule has 0 unspecified atom stereocenters. The van der Waals surface area contributed by atoms with Crippen LogP contribution >= 0.6 is 24.0 Å². The SMILES string of the molecule is C=CCN1C(=O)/C(=C/c2c(C)cn(-c3ccccc3)c2C)SC1=S. The van der Waals surface area contributed by atoms with Crippen molar-refractivity contribution in [3.8, 4) is 5.69 Å². The lowest BCUT2D eigenvalue weighted by Gasteiger charge is -2.10. The fraction of sp³-hybridized carbons (Fsp3) is 0.158. The van der Waals surface area contributed by atoms with Crippen molar-refractivity contribution in [2.75, 3.05) is 6.54 Å². The molecule has 5 heteroatoms. The van der Waals surface area contributed by atoms with Crippen LogP contribution in [0.1, 0.15) is 16.8 Å². The van der Waals surface area contributed by atoms with Crippen molar-refractivity contribution >= 4 is 40.3 Å². The van der Waals surface area contributed by atoms with Gasteiger partial charge in [0, 0.05) is 24.1 Å². The molecule has 1 aliphatic rings. The summed E-state index contributed by atoms with van der Waals surface area (Å²) < 4.78 is 2.73. The van der Waals surface area contributed by atoms with E-state index in [0.717, 1.165) is 22.5 Å². The molecule has 1 aliphatic heterocycles. The topological polar surface area (TPSA) is 25.2 Å². The molecule has 3 rings (SSSR count). The van der Waals surface area contributed by atoms with Gasteiger partial charge >= 0.3 is 0 Å². The first-order valence-electron chi connectivity index (χ1n) is 7.63. The first-order chi connectivity index (χ1) is 11.5. The first kappa shape index (κ1) is 16.7. The van der Waals surface area contributed by atoms with Crippen LogP contribution in [0.5, 0.6) is 0 Å². The zero-order valence-corrected chi connectivity index (χ0v) is 15.3. The molecule has 0 bridgehead atoms. The lowest BCUT2D eigenvalue weighted by molar-refractivity contribution is -0.121. The predicted octanol–water partition coefficient (Wildman–Crippen LogP) is 4.48. The third kappa shape index (κ3) is 2.97. The van der Waals surface area contributed by atoms with E-state index in [1.165, 1.54) is 11.8 Å². The Morgan fingerprint density at radius 2 is 1.96 bits per heavy atom. The molecule has 1 aromatic heterocycles. The number of para-hydroxylation sites is 1. The van der Waals surface area contributed by atoms with Gasteiger partial charge in [-0.15, -0.1) is 6.58 Å². The van der Waals surface area contributed by atoms with E-state index in [9.17, 15) is 4.79 Å². The maximum atomic E-state index is 12.5. The molecule has 122 valence electrons. The number of carbonyl (C=O) groups excluding carboxylic acids is 1. The fourth-order valence-electron chi connectivity index (χ4n) is 2.77. The number of aryl methyl sites for hydroxylation is 1. The van der Waals surface area contributed by atoms with E-state index in [4.69, 9.17) is 12.2 Å². The summed E-state index contributed by atoms with van der Waals surface area (Å²) in [5, 5.41) is 0. The fourth-order valence-corrected chi connectivity index (χ4v) is 4.02. The van der Waals surface area contributed by atoms with Gasteiger partial charge in [-0.1, -0.05) is 48.3 Å². The Hall–Kier alpha value is -2.11. The third-order valence-corrected chi connectivity index (χ3v) is 5.37. The summed E-state index contributed by atoms with van der Waals surface area (Å²) in [6, 6.07) is 10.2. The Morgan fingerprint density at radius 1 is 1.25 bits per heavy atom. The number of hydrogen-bond donors (Lipinski definition) is 0. The Kier molecular flexibility index (Phi) is 4.73. The van der Waals surface area contributed by atoms with Gasteiger partial charge in [-0.25, -0.2) is 0 Å². The summed E-state index contributed by atoms with van der Waals surface area (Å²) >= 11 is 6.65. The van der Waals surface area contributed by atoms with Crippen LogP contribution in [0.15, 0.2) is 54.1 Å². The number of thioether (sulfide) groups is 1. The van der Waals surface area contributed by atoms with Crippen LogP contribution in [0, 0.1) is 13.8 Å². The van der Waals surface area contributed by atoms with Gasteiger partial charge in [0.05, 0.1) is 4.91 Å². The summed E-state index contributed by atoms with van der Waals surface area (Å²) in [5.41, 5.74) is 4.41. The van der Waals surface area contributed by atoms with E-state index >= 15 is 0 Å². The monoisotopic (exact) mass is 354 g/mol. The molecule has 1 saturated heterocycles. The molecule has 0 radical (unpaired) electrons. The van der Waals surface area contributed by atoms with Crippen LogP contribution in [0.2, 0.25) is 0 Å². The van der Waals surface area contributed by atoms with Gasteiger partial charge in [-0.05, 0) is 43.2 Å². The number of carbonyl (C=O) groups is 1. The van der Waals surface area contributed by atoms with Crippen molar-refractivity contribution in [2.45, 2.75) is 13.8 Å². The van der Waals surface area contributed by atoms with Crippen molar-refractivity contribution in [2.24, 2.45) is 0 Å². The molecular formula is C19H18N2OS2. The van der Waals surface area contributed by atoms with Crippen LogP contribution in [-0.4, -0.2) is 26.2 Å². The normalized spacial score (nSPS) is 16.2. The largest absolute Gasteiger partial charge is 0.320 e. The minimum Gasteiger partial charge on any atom is -0.320 e. The molecule has 0 spiro atoms. The lowest BCUT2D eigenvalue weighted by atomic mass is 10.1. The number of nitrogens with zero attached hydrogens (tertiary/aromatic N) is 2. The molecule has 24 heavy (non-hydrogen) atoms.